The van der Waals surface area contributed by atoms with Crippen molar-refractivity contribution in [2.24, 2.45) is 5.92 Å². The zero-order valence-electron chi connectivity index (χ0n) is 14.6. The van der Waals surface area contributed by atoms with Crippen LogP contribution in [0.3, 0.4) is 0 Å². The van der Waals surface area contributed by atoms with Crippen LogP contribution in [-0.4, -0.2) is 23.1 Å². The van der Waals surface area contributed by atoms with E-state index >= 15 is 0 Å². The minimum absolute atomic E-state index is 0.732. The molecule has 1 atom stereocenters. The lowest BCUT2D eigenvalue weighted by molar-refractivity contribution is 0.444. The monoisotopic (exact) mass is 310 g/mol. The summed E-state index contributed by atoms with van der Waals surface area (Å²) >= 11 is 0. The second-order valence-corrected chi connectivity index (χ2v) is 6.78. The third-order valence-electron chi connectivity index (χ3n) is 4.58. The summed E-state index contributed by atoms with van der Waals surface area (Å²) in [5.41, 5.74) is 3.66. The van der Waals surface area contributed by atoms with E-state index in [-0.39, 0.29) is 0 Å². The lowest BCUT2D eigenvalue weighted by Crippen LogP contribution is -2.35. The number of benzene rings is 1. The van der Waals surface area contributed by atoms with Gasteiger partial charge in [0.2, 0.25) is 0 Å². The maximum Gasteiger partial charge on any atom is 0.136 e. The van der Waals surface area contributed by atoms with Crippen molar-refractivity contribution >= 4 is 17.3 Å². The average Bonchev–Trinajstić information content (AvgIpc) is 2.50. The van der Waals surface area contributed by atoms with E-state index in [1.807, 2.05) is 6.92 Å². The van der Waals surface area contributed by atoms with Crippen molar-refractivity contribution in [1.82, 2.24) is 9.97 Å². The molecule has 4 heteroatoms. The number of aromatic nitrogens is 2. The molecule has 2 heterocycles. The first-order chi connectivity index (χ1) is 11.0. The van der Waals surface area contributed by atoms with Crippen LogP contribution in [0.15, 0.2) is 24.3 Å². The van der Waals surface area contributed by atoms with Crippen LogP contribution in [-0.2, 0) is 0 Å². The fourth-order valence-electron chi connectivity index (χ4n) is 3.14. The van der Waals surface area contributed by atoms with E-state index in [0.29, 0.717) is 0 Å². The summed E-state index contributed by atoms with van der Waals surface area (Å²) in [6.07, 6.45) is 2.55. The number of hydrogen-bond donors (Lipinski definition) is 1. The molecule has 0 bridgehead atoms. The third-order valence-corrected chi connectivity index (χ3v) is 4.58. The molecule has 3 rings (SSSR count). The van der Waals surface area contributed by atoms with Crippen molar-refractivity contribution in [2.45, 2.75) is 40.5 Å². The lowest BCUT2D eigenvalue weighted by atomic mass is 10.0. The van der Waals surface area contributed by atoms with Crippen LogP contribution in [0.1, 0.15) is 36.7 Å². The van der Waals surface area contributed by atoms with Crippen LogP contribution < -0.4 is 10.2 Å². The molecule has 0 amide bonds. The summed E-state index contributed by atoms with van der Waals surface area (Å²) in [6.45, 7) is 10.7. The fourth-order valence-corrected chi connectivity index (χ4v) is 3.14. The highest BCUT2D eigenvalue weighted by Gasteiger charge is 2.18. The van der Waals surface area contributed by atoms with Gasteiger partial charge in [-0.15, -0.1) is 0 Å². The number of hydrogen-bond acceptors (Lipinski definition) is 4. The molecule has 23 heavy (non-hydrogen) atoms. The second-order valence-electron chi connectivity index (χ2n) is 6.78. The number of rotatable bonds is 3. The molecule has 0 saturated carbocycles. The Hall–Kier alpha value is -2.10. The lowest BCUT2D eigenvalue weighted by Gasteiger charge is -2.32. The van der Waals surface area contributed by atoms with Gasteiger partial charge in [-0.1, -0.05) is 13.0 Å². The fraction of sp³-hybridized carbons (Fsp3) is 0.474. The van der Waals surface area contributed by atoms with Gasteiger partial charge in [0.05, 0.1) is 0 Å². The largest absolute Gasteiger partial charge is 0.356 e. The number of anilines is 3. The summed E-state index contributed by atoms with van der Waals surface area (Å²) < 4.78 is 0. The molecule has 1 aliphatic rings. The van der Waals surface area contributed by atoms with Gasteiger partial charge in [0.15, 0.2) is 0 Å². The molecule has 1 fully saturated rings. The van der Waals surface area contributed by atoms with E-state index in [1.165, 1.54) is 24.0 Å². The van der Waals surface area contributed by atoms with Gasteiger partial charge >= 0.3 is 0 Å². The van der Waals surface area contributed by atoms with E-state index in [4.69, 9.17) is 0 Å². The topological polar surface area (TPSA) is 41.1 Å². The Kier molecular flexibility index (Phi) is 4.51. The minimum atomic E-state index is 0.732. The summed E-state index contributed by atoms with van der Waals surface area (Å²) in [7, 11) is 0. The van der Waals surface area contributed by atoms with Crippen molar-refractivity contribution < 1.29 is 0 Å². The average molecular weight is 310 g/mol. The van der Waals surface area contributed by atoms with E-state index in [2.05, 4.69) is 65.2 Å². The van der Waals surface area contributed by atoms with E-state index in [1.54, 1.807) is 0 Å². The Morgan fingerprint density at radius 1 is 1.09 bits per heavy atom. The third kappa shape index (κ3) is 3.81. The highest BCUT2D eigenvalue weighted by molar-refractivity contribution is 5.61. The Bertz CT molecular complexity index is 696. The van der Waals surface area contributed by atoms with E-state index < -0.39 is 0 Å². The van der Waals surface area contributed by atoms with E-state index in [0.717, 1.165) is 42.2 Å². The molecular weight excluding hydrogens is 284 g/mol. The van der Waals surface area contributed by atoms with Crippen LogP contribution in [0, 0.1) is 26.7 Å². The first kappa shape index (κ1) is 15.8. The van der Waals surface area contributed by atoms with Gasteiger partial charge in [0.1, 0.15) is 17.5 Å². The van der Waals surface area contributed by atoms with E-state index in [9.17, 15) is 0 Å². The number of aryl methyl sites for hydroxylation is 3. The molecule has 1 aromatic carbocycles. The predicted octanol–water partition coefficient (Wildman–Crippen LogP) is 4.38. The zero-order chi connectivity index (χ0) is 16.4. The van der Waals surface area contributed by atoms with Crippen LogP contribution in [0.5, 0.6) is 0 Å². The summed E-state index contributed by atoms with van der Waals surface area (Å²) in [4.78, 5) is 11.6. The Labute approximate surface area is 139 Å². The van der Waals surface area contributed by atoms with Gasteiger partial charge in [-0.2, -0.15) is 0 Å². The van der Waals surface area contributed by atoms with Crippen molar-refractivity contribution in [3.63, 3.8) is 0 Å². The van der Waals surface area contributed by atoms with Crippen molar-refractivity contribution in [3.8, 4) is 0 Å². The van der Waals surface area contributed by atoms with Crippen molar-refractivity contribution in [3.05, 3.63) is 41.2 Å². The molecule has 2 aromatic rings. The highest BCUT2D eigenvalue weighted by atomic mass is 15.2. The molecule has 122 valence electrons. The summed E-state index contributed by atoms with van der Waals surface area (Å²) in [5.74, 6) is 3.45. The quantitative estimate of drug-likeness (QED) is 0.913. The Morgan fingerprint density at radius 3 is 2.65 bits per heavy atom. The maximum absolute atomic E-state index is 4.64. The molecule has 1 N–H and O–H groups in total. The van der Waals surface area contributed by atoms with Gasteiger partial charge in [-0.05, 0) is 62.8 Å². The number of nitrogens with one attached hydrogen (secondary N) is 1. The predicted molar refractivity (Wildman–Crippen MR) is 96.6 cm³/mol. The SMILES string of the molecule is Cc1nc(Nc2ccc(C)c(C)c2)cc(N2CCCC(C)C2)n1. The van der Waals surface area contributed by atoms with Crippen molar-refractivity contribution in [2.75, 3.05) is 23.3 Å². The maximum atomic E-state index is 4.64. The van der Waals surface area contributed by atoms with Gasteiger partial charge in [0, 0.05) is 24.8 Å². The molecule has 0 aliphatic carbocycles. The Morgan fingerprint density at radius 2 is 1.91 bits per heavy atom. The number of nitrogens with zero attached hydrogens (tertiary/aromatic N) is 3. The van der Waals surface area contributed by atoms with Gasteiger partial charge < -0.3 is 10.2 Å². The minimum Gasteiger partial charge on any atom is -0.356 e. The standard InChI is InChI=1S/C19H26N4/c1-13-6-5-9-23(12-13)19-11-18(20-16(4)21-19)22-17-8-7-14(2)15(3)10-17/h7-8,10-11,13H,5-6,9,12H2,1-4H3,(H,20,21,22). The van der Waals surface area contributed by atoms with Gasteiger partial charge in [-0.25, -0.2) is 9.97 Å². The molecule has 1 saturated heterocycles. The van der Waals surface area contributed by atoms with Crippen LogP contribution >= 0.6 is 0 Å². The zero-order valence-corrected chi connectivity index (χ0v) is 14.6. The molecule has 1 aromatic heterocycles. The van der Waals surface area contributed by atoms with Crippen LogP contribution in [0.25, 0.3) is 0 Å². The first-order valence-corrected chi connectivity index (χ1v) is 8.46. The first-order valence-electron chi connectivity index (χ1n) is 8.46. The smallest absolute Gasteiger partial charge is 0.136 e. The molecule has 1 aliphatic heterocycles. The molecule has 4 nitrogen and oxygen atoms in total. The Balaban J connectivity index is 1.83. The molecule has 0 spiro atoms. The summed E-state index contributed by atoms with van der Waals surface area (Å²) in [5, 5.41) is 3.43. The van der Waals surface area contributed by atoms with Crippen molar-refractivity contribution in [1.29, 1.82) is 0 Å². The molecule has 1 unspecified atom stereocenters. The second kappa shape index (κ2) is 6.57. The van der Waals surface area contributed by atoms with Crippen LogP contribution in [0.4, 0.5) is 17.3 Å². The molecule has 0 radical (unpaired) electrons. The van der Waals surface area contributed by atoms with Gasteiger partial charge in [0.25, 0.3) is 0 Å². The molecular formula is C19H26N4. The summed E-state index contributed by atoms with van der Waals surface area (Å²) in [6, 6.07) is 8.47. The normalized spacial score (nSPS) is 18.1. The highest BCUT2D eigenvalue weighted by Crippen LogP contribution is 2.25. The number of piperidine rings is 1. The van der Waals surface area contributed by atoms with Crippen LogP contribution in [0.2, 0.25) is 0 Å². The van der Waals surface area contributed by atoms with Gasteiger partial charge in [-0.3, -0.25) is 0 Å².